The van der Waals surface area contributed by atoms with Crippen LogP contribution in [0.2, 0.25) is 0 Å². The molecular weight excluding hydrogens is 1350 g/mol. The van der Waals surface area contributed by atoms with E-state index in [-0.39, 0.29) is 62.5 Å². The van der Waals surface area contributed by atoms with Gasteiger partial charge in [0.2, 0.25) is 0 Å². The zero-order valence-electron chi connectivity index (χ0n) is 68.0. The van der Waals surface area contributed by atoms with Crippen LogP contribution in [0.1, 0.15) is 395 Å². The minimum atomic E-state index is -0.750. The lowest BCUT2D eigenvalue weighted by Crippen LogP contribution is -2.29. The molecule has 3 aliphatic rings. The molecular formula is C86H160O20. The molecule has 2 saturated heterocycles. The van der Waals surface area contributed by atoms with Gasteiger partial charge in [-0.05, 0) is 134 Å². The zero-order chi connectivity index (χ0) is 79.4. The number of carboxylic acids is 5. The van der Waals surface area contributed by atoms with Gasteiger partial charge in [0, 0.05) is 64.1 Å². The lowest BCUT2D eigenvalue weighted by molar-refractivity contribution is -0.351. The van der Waals surface area contributed by atoms with E-state index in [1.54, 1.807) is 0 Å². The van der Waals surface area contributed by atoms with Gasteiger partial charge in [-0.15, -0.1) is 0 Å². The van der Waals surface area contributed by atoms with E-state index in [2.05, 4.69) is 113 Å². The van der Waals surface area contributed by atoms with Gasteiger partial charge in [-0.2, -0.15) is 0 Å². The fourth-order valence-electron chi connectivity index (χ4n) is 12.0. The highest BCUT2D eigenvalue weighted by atomic mass is 17.2. The van der Waals surface area contributed by atoms with Gasteiger partial charge in [-0.3, -0.25) is 34.5 Å². The van der Waals surface area contributed by atoms with Crippen LogP contribution >= 0.6 is 0 Å². The van der Waals surface area contributed by atoms with Gasteiger partial charge < -0.3 is 35.7 Å². The molecule has 3 fully saturated rings. The first-order chi connectivity index (χ1) is 51.5. The number of aliphatic hydroxyl groups is 2. The van der Waals surface area contributed by atoms with Crippen LogP contribution in [0.5, 0.6) is 0 Å². The van der Waals surface area contributed by atoms with Crippen molar-refractivity contribution in [1.82, 2.24) is 0 Å². The Balaban J connectivity index is -0.000000612. The third kappa shape index (κ3) is 80.7. The van der Waals surface area contributed by atoms with E-state index in [9.17, 15) is 24.0 Å². The van der Waals surface area contributed by atoms with E-state index in [1.807, 2.05) is 6.08 Å². The van der Waals surface area contributed by atoms with Crippen LogP contribution in [0.4, 0.5) is 0 Å². The average molecular weight is 1510 g/mol. The van der Waals surface area contributed by atoms with E-state index in [4.69, 9.17) is 65.8 Å². The summed E-state index contributed by atoms with van der Waals surface area (Å²) in [5, 5.41) is 77.2. The number of rotatable bonds is 63. The second-order valence-corrected chi connectivity index (χ2v) is 28.4. The Hall–Kier alpha value is -4.35. The summed E-state index contributed by atoms with van der Waals surface area (Å²) in [6, 6.07) is 0. The van der Waals surface area contributed by atoms with E-state index in [0.717, 1.165) is 205 Å². The van der Waals surface area contributed by atoms with Crippen LogP contribution in [-0.4, -0.2) is 126 Å². The molecule has 7 unspecified atom stereocenters. The zero-order valence-corrected chi connectivity index (χ0v) is 68.0. The lowest BCUT2D eigenvalue weighted by atomic mass is 9.87. The van der Waals surface area contributed by atoms with Gasteiger partial charge in [0.05, 0.1) is 12.2 Å². The molecule has 0 aromatic rings. The third-order valence-corrected chi connectivity index (χ3v) is 18.5. The molecule has 0 spiro atoms. The average Bonchev–Trinajstić information content (AvgIpc) is 1.64. The van der Waals surface area contributed by atoms with Crippen molar-refractivity contribution in [3.05, 3.63) is 60.8 Å². The summed E-state index contributed by atoms with van der Waals surface area (Å²) in [7, 11) is 0. The maximum atomic E-state index is 10.5. The summed E-state index contributed by atoms with van der Waals surface area (Å²) < 4.78 is 0. The van der Waals surface area contributed by atoms with Crippen LogP contribution in [0.15, 0.2) is 60.8 Å². The molecule has 0 amide bonds. The van der Waals surface area contributed by atoms with Gasteiger partial charge in [-0.1, -0.05) is 283 Å². The van der Waals surface area contributed by atoms with Crippen molar-refractivity contribution >= 4 is 29.8 Å². The summed E-state index contributed by atoms with van der Waals surface area (Å²) in [6.45, 7) is 15.9. The normalized spacial score (nSPS) is 17.7. The molecule has 1 aliphatic carbocycles. The number of carboxylic acid groups (broad SMARTS) is 5. The number of allylic oxidation sites excluding steroid dienone is 8. The quantitative estimate of drug-likeness (QED) is 0.0118. The monoisotopic (exact) mass is 1510 g/mol. The SMILES string of the molecule is CCCCC.CCCCC/C=C\C/C=C\C/C=C\CCCCCCC(=O)O.CCCCC/C=C\CCC1CC([C@@H](CCCCCCC(=O)O)OO)OO1.CCCCCC(/C=C/C1C2CC(OO2)C1CCCCCCC(=O)O)OO.CCCCCCC(=O)O.CCCCCCO.O=C(O)CCCCCCCO. The first-order valence-corrected chi connectivity index (χ1v) is 42.3. The first kappa shape index (κ1) is 108. The fraction of sp³-hybridized carbons (Fsp3) is 0.826. The molecule has 9 N–H and O–H groups in total. The Morgan fingerprint density at radius 3 is 1.16 bits per heavy atom. The number of carbonyl (C=O) groups is 5. The maximum Gasteiger partial charge on any atom is 0.303 e. The molecule has 1 saturated carbocycles. The number of aliphatic hydroxyl groups excluding tert-OH is 2. The van der Waals surface area contributed by atoms with Crippen molar-refractivity contribution in [3.8, 4) is 0 Å². The molecule has 2 bridgehead atoms. The van der Waals surface area contributed by atoms with Crippen LogP contribution in [0, 0.1) is 11.8 Å². The largest absolute Gasteiger partial charge is 0.481 e. The number of fused-ring (bicyclic) bond motifs is 2. The lowest BCUT2D eigenvalue weighted by Gasteiger charge is -2.28. The second-order valence-electron chi connectivity index (χ2n) is 28.4. The molecule has 106 heavy (non-hydrogen) atoms. The highest BCUT2D eigenvalue weighted by molar-refractivity contribution is 5.67. The Kier molecular flexibility index (Phi) is 89.5. The molecule has 8 atom stereocenters. The summed E-state index contributed by atoms with van der Waals surface area (Å²) >= 11 is 0. The Morgan fingerprint density at radius 1 is 0.358 bits per heavy atom. The van der Waals surface area contributed by atoms with Crippen LogP contribution < -0.4 is 0 Å². The summed E-state index contributed by atoms with van der Waals surface area (Å²) in [4.78, 5) is 82.1. The van der Waals surface area contributed by atoms with Crippen molar-refractivity contribution in [2.24, 2.45) is 11.8 Å². The van der Waals surface area contributed by atoms with Crippen LogP contribution in [0.3, 0.4) is 0 Å². The van der Waals surface area contributed by atoms with E-state index < -0.39 is 29.8 Å². The predicted molar refractivity (Wildman–Crippen MR) is 429 cm³/mol. The molecule has 0 aromatic heterocycles. The standard InChI is InChI=1S/C20H34O6.C20H36O6.C20H34O2.C8H16O3.C7H14O2.C6H14O.C5H12/c1-2-3-6-9-15(24-23)12-13-17-16(18-14-19(17)26-25-18)10-7-4-5-8-11-20(21)22;1-2-3-4-5-6-7-10-13-17-16-19(26-25-17)18(24-23)14-11-8-9-12-15-20(21)22;1-2-3-4-5-6-7-8-9-10-11-12-13-14-15-16-17-18-19-20(21)22;9-7-5-3-1-2-4-6-8(10)11;1-2-3-4-5-6-7(8)9;1-2-3-4-5-6-7;1-3-5-4-2/h12-13,15-19,23H,2-11,14H2,1H3,(H,21,22);6-7,17-19,23H,2-5,8-16H2,1H3,(H,21,22);6-7,9-10,12-13H,2-5,8,11,14-19H2,1H3,(H,21,22);9H,1-7H2,(H,10,11);2-6H2,1H3,(H,8,9);7H,2-6H2,1H3;3-5H2,1-2H3/b13-12+;7-6-;7-6-,10-9-,13-12-;;;;/t;17?,18-,19?;;;;;/m.1...../s1. The number of hydrogen-bond donors (Lipinski definition) is 9. The van der Waals surface area contributed by atoms with Crippen molar-refractivity contribution in [1.29, 1.82) is 0 Å². The van der Waals surface area contributed by atoms with Crippen molar-refractivity contribution in [2.45, 2.75) is 432 Å². The molecule has 2 heterocycles. The third-order valence-electron chi connectivity index (χ3n) is 18.5. The first-order valence-electron chi connectivity index (χ1n) is 42.3. The maximum absolute atomic E-state index is 10.5. The molecule has 3 rings (SSSR count). The molecule has 0 radical (unpaired) electrons. The highest BCUT2D eigenvalue weighted by Crippen LogP contribution is 2.45. The summed E-state index contributed by atoms with van der Waals surface area (Å²) in [5.41, 5.74) is 0. The van der Waals surface area contributed by atoms with Gasteiger partial charge in [-0.25, -0.2) is 29.3 Å². The van der Waals surface area contributed by atoms with Gasteiger partial charge in [0.15, 0.2) is 0 Å². The van der Waals surface area contributed by atoms with E-state index in [0.29, 0.717) is 44.1 Å². The minimum absolute atomic E-state index is 0.0495. The number of hydrogen-bond acceptors (Lipinski definition) is 15. The molecule has 0 aromatic carbocycles. The van der Waals surface area contributed by atoms with Crippen molar-refractivity contribution in [3.63, 3.8) is 0 Å². The number of unbranched alkanes of at least 4 members (excludes halogenated alkanes) is 30. The Bertz CT molecular complexity index is 2040. The van der Waals surface area contributed by atoms with Crippen LogP contribution in [0.25, 0.3) is 0 Å². The fourth-order valence-corrected chi connectivity index (χ4v) is 12.0. The van der Waals surface area contributed by atoms with Crippen molar-refractivity contribution in [2.75, 3.05) is 13.2 Å². The second kappa shape index (κ2) is 87.9. The van der Waals surface area contributed by atoms with Gasteiger partial charge in [0.25, 0.3) is 0 Å². The number of aliphatic carboxylic acids is 5. The van der Waals surface area contributed by atoms with Gasteiger partial charge >= 0.3 is 29.8 Å². The van der Waals surface area contributed by atoms with Crippen molar-refractivity contribution < 1.29 is 99.6 Å². The Morgan fingerprint density at radius 2 is 0.717 bits per heavy atom. The summed E-state index contributed by atoms with van der Waals surface area (Å²) in [5.74, 6) is -2.80. The Labute approximate surface area is 644 Å². The highest BCUT2D eigenvalue weighted by Gasteiger charge is 2.49. The molecule has 2 aliphatic heterocycles. The van der Waals surface area contributed by atoms with E-state index >= 15 is 0 Å². The minimum Gasteiger partial charge on any atom is -0.481 e. The molecule has 20 nitrogen and oxygen atoms in total. The summed E-state index contributed by atoms with van der Waals surface area (Å²) in [6.07, 6.45) is 74.5. The van der Waals surface area contributed by atoms with Gasteiger partial charge in [0.1, 0.15) is 24.4 Å². The molecule has 624 valence electrons. The predicted octanol–water partition coefficient (Wildman–Crippen LogP) is 23.7. The van der Waals surface area contributed by atoms with Crippen LogP contribution in [-0.2, 0) is 53.3 Å². The van der Waals surface area contributed by atoms with E-state index in [1.165, 1.54) is 96.3 Å². The smallest absolute Gasteiger partial charge is 0.303 e. The molecule has 20 heteroatoms. The topological polar surface area (TPSA) is 323 Å².